The highest BCUT2D eigenvalue weighted by Gasteiger charge is 2.59. The van der Waals surface area contributed by atoms with Crippen LogP contribution >= 0.6 is 0 Å². The Bertz CT molecular complexity index is 1280. The summed E-state index contributed by atoms with van der Waals surface area (Å²) in [6.45, 7) is 13.2. The highest BCUT2D eigenvalue weighted by atomic mass is 28.3. The summed E-state index contributed by atoms with van der Waals surface area (Å²) in [5.41, 5.74) is 1.22. The topological polar surface area (TPSA) is 78.9 Å². The van der Waals surface area contributed by atoms with Gasteiger partial charge in [0, 0.05) is 42.8 Å². The number of hydrogen-bond donors (Lipinski definition) is 2. The largest absolute Gasteiger partial charge is 0.496 e. The number of halogens is 2. The molecule has 2 fully saturated rings. The van der Waals surface area contributed by atoms with Crippen LogP contribution in [-0.2, 0) is 16.1 Å². The van der Waals surface area contributed by atoms with E-state index in [0.717, 1.165) is 16.9 Å². The van der Waals surface area contributed by atoms with E-state index in [1.54, 1.807) is 7.11 Å². The number of carbonyl (C=O) groups excluding carboxylic acids is 1. The van der Waals surface area contributed by atoms with Gasteiger partial charge in [-0.25, -0.2) is 13.6 Å². The molecule has 4 rings (SSSR count). The fourth-order valence-corrected chi connectivity index (χ4v) is 8.12. The van der Waals surface area contributed by atoms with Crippen molar-refractivity contribution in [2.24, 2.45) is 17.3 Å². The first-order chi connectivity index (χ1) is 19.5. The number of aliphatic carboxylic acids is 1. The number of nitrogens with one attached hydrogen (secondary N) is 1. The van der Waals surface area contributed by atoms with E-state index in [1.807, 2.05) is 57.2 Å². The molecule has 2 N–H and O–H groups in total. The predicted molar refractivity (Wildman–Crippen MR) is 164 cm³/mol. The van der Waals surface area contributed by atoms with Gasteiger partial charge in [-0.2, -0.15) is 0 Å². The van der Waals surface area contributed by atoms with Crippen molar-refractivity contribution in [3.05, 3.63) is 59.7 Å². The van der Waals surface area contributed by atoms with Crippen LogP contribution in [0.5, 0.6) is 5.75 Å². The first-order valence-electron chi connectivity index (χ1n) is 14.9. The molecule has 1 amide bonds. The van der Waals surface area contributed by atoms with Crippen LogP contribution in [0.1, 0.15) is 63.6 Å². The van der Waals surface area contributed by atoms with Crippen LogP contribution in [0.3, 0.4) is 0 Å². The number of rotatable bonds is 8. The van der Waals surface area contributed by atoms with Crippen LogP contribution in [0.2, 0.25) is 19.6 Å². The number of carboxylic acids is 1. The molecular formula is C33H46F2N2O4Si. The predicted octanol–water partition coefficient (Wildman–Crippen LogP) is 6.22. The Kier molecular flexibility index (Phi) is 9.24. The number of nitrogens with zero attached hydrogens (tertiary/aromatic N) is 1. The molecular weight excluding hydrogens is 554 g/mol. The van der Waals surface area contributed by atoms with Crippen LogP contribution in [0.25, 0.3) is 0 Å². The van der Waals surface area contributed by atoms with Gasteiger partial charge in [0.25, 0.3) is 0 Å². The van der Waals surface area contributed by atoms with Crippen LogP contribution in [0, 0.1) is 17.3 Å². The number of methoxy groups -OCH3 is 1. The summed E-state index contributed by atoms with van der Waals surface area (Å²) >= 11 is 0. The van der Waals surface area contributed by atoms with Crippen molar-refractivity contribution in [1.82, 2.24) is 10.2 Å². The number of alkyl halides is 2. The molecule has 1 aliphatic carbocycles. The second-order valence-electron chi connectivity index (χ2n) is 14.1. The summed E-state index contributed by atoms with van der Waals surface area (Å²) in [6.07, 6.45) is -0.218. The lowest BCUT2D eigenvalue weighted by Crippen LogP contribution is -2.50. The molecule has 0 unspecified atom stereocenters. The Balaban J connectivity index is 1.82. The number of ether oxygens (including phenoxy) is 1. The molecule has 2 aliphatic rings. The quantitative estimate of drug-likeness (QED) is 0.352. The minimum absolute atomic E-state index is 0.239. The van der Waals surface area contributed by atoms with Crippen molar-refractivity contribution in [1.29, 1.82) is 0 Å². The van der Waals surface area contributed by atoms with Gasteiger partial charge in [-0.15, -0.1) is 0 Å². The molecule has 230 valence electrons. The molecule has 5 atom stereocenters. The standard InChI is InChI=1S/C33H46F2N2O4Si/c1-32(2,3)26-27(36-20-23-18-24(42(5,6)7)15-16-25(23)41-4)28(21-12-9-8-10-13-21)37(29(26)31(39)40)30(38)22-14-11-17-33(34,35)19-22/h8-10,12-13,15-16,18,22,26-29,36H,11,14,17,19-20H2,1-7H3,(H,39,40)/t22-,26-,27-,28-,29-/m0/s1. The molecule has 1 saturated heterocycles. The summed E-state index contributed by atoms with van der Waals surface area (Å²) in [4.78, 5) is 28.7. The average molecular weight is 601 g/mol. The van der Waals surface area contributed by atoms with E-state index < -0.39 is 67.7 Å². The molecule has 0 bridgehead atoms. The Morgan fingerprint density at radius 1 is 1.12 bits per heavy atom. The third-order valence-corrected chi connectivity index (χ3v) is 11.0. The van der Waals surface area contributed by atoms with E-state index in [9.17, 15) is 23.5 Å². The monoisotopic (exact) mass is 600 g/mol. The van der Waals surface area contributed by atoms with Crippen LogP contribution in [0.4, 0.5) is 8.78 Å². The lowest BCUT2D eigenvalue weighted by Gasteiger charge is -2.37. The summed E-state index contributed by atoms with van der Waals surface area (Å²) in [5, 5.41) is 15.6. The van der Waals surface area contributed by atoms with E-state index in [4.69, 9.17) is 4.74 Å². The SMILES string of the molecule is COc1ccc([Si](C)(C)C)cc1CN[C@H]1[C@H](C(C)(C)C)[C@@H](C(=O)O)N(C(=O)[C@H]2CCCC(F)(F)C2)[C@H]1c1ccccc1. The molecule has 1 saturated carbocycles. The van der Waals surface area contributed by atoms with Gasteiger partial charge in [0.15, 0.2) is 0 Å². The highest BCUT2D eigenvalue weighted by molar-refractivity contribution is 6.88. The van der Waals surface area contributed by atoms with Gasteiger partial charge in [0.05, 0.1) is 21.2 Å². The number of likely N-dealkylation sites (tertiary alicyclic amines) is 1. The molecule has 0 spiro atoms. The zero-order valence-corrected chi connectivity index (χ0v) is 26.9. The van der Waals surface area contributed by atoms with Gasteiger partial charge in [0.2, 0.25) is 11.8 Å². The maximum Gasteiger partial charge on any atom is 0.326 e. The first-order valence-corrected chi connectivity index (χ1v) is 18.4. The third-order valence-electron chi connectivity index (χ3n) is 8.98. The van der Waals surface area contributed by atoms with E-state index in [1.165, 1.54) is 10.1 Å². The van der Waals surface area contributed by atoms with E-state index in [0.29, 0.717) is 13.0 Å². The summed E-state index contributed by atoms with van der Waals surface area (Å²) in [6, 6.07) is 13.4. The lowest BCUT2D eigenvalue weighted by atomic mass is 9.72. The summed E-state index contributed by atoms with van der Waals surface area (Å²) in [5.74, 6) is -5.23. The maximum absolute atomic E-state index is 14.5. The van der Waals surface area contributed by atoms with Crippen molar-refractivity contribution in [3.63, 3.8) is 0 Å². The average Bonchev–Trinajstić information content (AvgIpc) is 3.26. The molecule has 1 aliphatic heterocycles. The summed E-state index contributed by atoms with van der Waals surface area (Å²) in [7, 11) is 0.00448. The number of carboxylic acid groups (broad SMARTS) is 1. The number of carbonyl (C=O) groups is 2. The van der Waals surface area contributed by atoms with Crippen molar-refractivity contribution in [2.45, 2.75) is 96.7 Å². The normalized spacial score (nSPS) is 26.2. The highest BCUT2D eigenvalue weighted by Crippen LogP contribution is 2.50. The summed E-state index contributed by atoms with van der Waals surface area (Å²) < 4.78 is 34.7. The zero-order valence-electron chi connectivity index (χ0n) is 25.9. The van der Waals surface area contributed by atoms with Crippen LogP contribution < -0.4 is 15.2 Å². The third kappa shape index (κ3) is 6.72. The van der Waals surface area contributed by atoms with Crippen LogP contribution in [0.15, 0.2) is 48.5 Å². The Hall–Kier alpha value is -2.78. The van der Waals surface area contributed by atoms with Gasteiger partial charge in [0.1, 0.15) is 11.8 Å². The number of benzene rings is 2. The van der Waals surface area contributed by atoms with E-state index >= 15 is 0 Å². The Labute approximate surface area is 249 Å². The molecule has 2 aromatic rings. The number of hydrogen-bond acceptors (Lipinski definition) is 4. The van der Waals surface area contributed by atoms with Gasteiger partial charge in [-0.3, -0.25) is 4.79 Å². The molecule has 6 nitrogen and oxygen atoms in total. The zero-order chi connectivity index (χ0) is 31.0. The van der Waals surface area contributed by atoms with Crippen molar-refractivity contribution in [2.75, 3.05) is 7.11 Å². The minimum atomic E-state index is -2.93. The van der Waals surface area contributed by atoms with Crippen LogP contribution in [-0.4, -0.2) is 55.1 Å². The van der Waals surface area contributed by atoms with Gasteiger partial charge in [-0.1, -0.05) is 88.1 Å². The molecule has 0 radical (unpaired) electrons. The molecule has 0 aromatic heterocycles. The maximum atomic E-state index is 14.5. The lowest BCUT2D eigenvalue weighted by molar-refractivity contribution is -0.157. The minimum Gasteiger partial charge on any atom is -0.496 e. The molecule has 42 heavy (non-hydrogen) atoms. The molecule has 2 aromatic carbocycles. The van der Waals surface area contributed by atoms with Gasteiger partial charge >= 0.3 is 5.97 Å². The molecule has 1 heterocycles. The van der Waals surface area contributed by atoms with Crippen molar-refractivity contribution in [3.8, 4) is 5.75 Å². The Morgan fingerprint density at radius 2 is 1.79 bits per heavy atom. The fourth-order valence-electron chi connectivity index (χ4n) is 6.93. The van der Waals surface area contributed by atoms with Gasteiger partial charge < -0.3 is 20.1 Å². The van der Waals surface area contributed by atoms with Gasteiger partial charge in [-0.05, 0) is 29.9 Å². The fraction of sp³-hybridized carbons (Fsp3) is 0.576. The smallest absolute Gasteiger partial charge is 0.326 e. The van der Waals surface area contributed by atoms with E-state index in [2.05, 4.69) is 37.1 Å². The van der Waals surface area contributed by atoms with Crippen molar-refractivity contribution < 1.29 is 28.2 Å². The Morgan fingerprint density at radius 3 is 2.33 bits per heavy atom. The second-order valence-corrected chi connectivity index (χ2v) is 19.2. The number of amides is 1. The van der Waals surface area contributed by atoms with E-state index in [-0.39, 0.29) is 12.8 Å². The van der Waals surface area contributed by atoms with Crippen molar-refractivity contribution >= 4 is 25.1 Å². The second kappa shape index (κ2) is 12.1. The molecule has 9 heteroatoms. The first kappa shape index (κ1) is 32.1.